The zero-order chi connectivity index (χ0) is 13.0. The maximum atomic E-state index is 11.9. The van der Waals surface area contributed by atoms with Gasteiger partial charge in [0.25, 0.3) is 5.91 Å². The predicted octanol–water partition coefficient (Wildman–Crippen LogP) is 2.51. The van der Waals surface area contributed by atoms with E-state index in [1.807, 2.05) is 37.3 Å². The molecule has 2 rings (SSSR count). The smallest absolute Gasteiger partial charge is 0.257 e. The molecule has 0 aliphatic heterocycles. The second-order valence-electron chi connectivity index (χ2n) is 3.87. The van der Waals surface area contributed by atoms with Crippen LogP contribution in [0.5, 0.6) is 0 Å². The Kier molecular flexibility index (Phi) is 3.35. The van der Waals surface area contributed by atoms with Gasteiger partial charge in [-0.3, -0.25) is 4.79 Å². The summed E-state index contributed by atoms with van der Waals surface area (Å²) in [4.78, 5) is 15.7. The second kappa shape index (κ2) is 5.11. The molecule has 0 spiro atoms. The molecule has 0 bridgehead atoms. The molecular formula is C14H11N3O. The Balaban J connectivity index is 2.14. The van der Waals surface area contributed by atoms with Gasteiger partial charge in [0, 0.05) is 11.9 Å². The Morgan fingerprint density at radius 2 is 2.17 bits per heavy atom. The molecule has 1 aromatic heterocycles. The lowest BCUT2D eigenvalue weighted by molar-refractivity contribution is 0.102. The van der Waals surface area contributed by atoms with Gasteiger partial charge in [-0.1, -0.05) is 12.1 Å². The highest BCUT2D eigenvalue weighted by atomic mass is 16.1. The number of nitriles is 1. The van der Waals surface area contributed by atoms with Crippen molar-refractivity contribution in [2.24, 2.45) is 0 Å². The van der Waals surface area contributed by atoms with Crippen molar-refractivity contribution in [1.82, 2.24) is 4.98 Å². The molecule has 1 aromatic carbocycles. The predicted molar refractivity (Wildman–Crippen MR) is 68.1 cm³/mol. The fourth-order valence-electron chi connectivity index (χ4n) is 1.52. The Bertz CT molecular complexity index is 612. The van der Waals surface area contributed by atoms with Gasteiger partial charge in [0.2, 0.25) is 0 Å². The lowest BCUT2D eigenvalue weighted by atomic mass is 10.2. The van der Waals surface area contributed by atoms with Crippen molar-refractivity contribution in [1.29, 1.82) is 5.26 Å². The average molecular weight is 237 g/mol. The van der Waals surface area contributed by atoms with Crippen molar-refractivity contribution in [3.63, 3.8) is 0 Å². The van der Waals surface area contributed by atoms with Crippen LogP contribution in [0, 0.1) is 18.3 Å². The molecule has 2 aromatic rings. The van der Waals surface area contributed by atoms with E-state index in [2.05, 4.69) is 10.3 Å². The number of hydrogen-bond acceptors (Lipinski definition) is 3. The van der Waals surface area contributed by atoms with Crippen LogP contribution in [0.25, 0.3) is 0 Å². The number of carbonyl (C=O) groups is 1. The van der Waals surface area contributed by atoms with Gasteiger partial charge in [-0.2, -0.15) is 5.26 Å². The van der Waals surface area contributed by atoms with Crippen LogP contribution in [-0.4, -0.2) is 10.9 Å². The maximum Gasteiger partial charge on any atom is 0.257 e. The van der Waals surface area contributed by atoms with Crippen molar-refractivity contribution in [3.05, 3.63) is 59.4 Å². The van der Waals surface area contributed by atoms with E-state index in [4.69, 9.17) is 5.26 Å². The molecule has 0 fully saturated rings. The van der Waals surface area contributed by atoms with E-state index in [-0.39, 0.29) is 5.91 Å². The number of benzene rings is 1. The molecule has 0 unspecified atom stereocenters. The largest absolute Gasteiger partial charge is 0.322 e. The molecule has 0 saturated heterocycles. The summed E-state index contributed by atoms with van der Waals surface area (Å²) in [7, 11) is 0. The number of carbonyl (C=O) groups excluding carboxylic acids is 1. The van der Waals surface area contributed by atoms with Crippen molar-refractivity contribution in [2.75, 3.05) is 5.32 Å². The van der Waals surface area contributed by atoms with Gasteiger partial charge in [-0.05, 0) is 36.8 Å². The first-order valence-corrected chi connectivity index (χ1v) is 5.43. The molecular weight excluding hydrogens is 226 g/mol. The second-order valence-corrected chi connectivity index (χ2v) is 3.87. The van der Waals surface area contributed by atoms with Gasteiger partial charge in [0.1, 0.15) is 11.8 Å². The third-order valence-corrected chi connectivity index (χ3v) is 2.42. The molecule has 0 aliphatic carbocycles. The summed E-state index contributed by atoms with van der Waals surface area (Å²) in [6.45, 7) is 1.96. The van der Waals surface area contributed by atoms with Crippen LogP contribution in [0.1, 0.15) is 21.6 Å². The number of hydrogen-bond donors (Lipinski definition) is 1. The summed E-state index contributed by atoms with van der Waals surface area (Å²) >= 11 is 0. The molecule has 1 N–H and O–H groups in total. The highest BCUT2D eigenvalue weighted by molar-refractivity contribution is 6.04. The van der Waals surface area contributed by atoms with Crippen LogP contribution in [0.4, 0.5) is 5.69 Å². The van der Waals surface area contributed by atoms with Crippen molar-refractivity contribution in [2.45, 2.75) is 6.92 Å². The summed E-state index contributed by atoms with van der Waals surface area (Å²) in [6, 6.07) is 12.5. The third-order valence-electron chi connectivity index (χ3n) is 2.42. The summed E-state index contributed by atoms with van der Waals surface area (Å²) < 4.78 is 0. The van der Waals surface area contributed by atoms with Crippen LogP contribution in [0.2, 0.25) is 0 Å². The van der Waals surface area contributed by atoms with Crippen LogP contribution in [-0.2, 0) is 0 Å². The molecule has 1 amide bonds. The lowest BCUT2D eigenvalue weighted by Crippen LogP contribution is -2.12. The van der Waals surface area contributed by atoms with Crippen LogP contribution >= 0.6 is 0 Å². The van der Waals surface area contributed by atoms with Gasteiger partial charge in [0.05, 0.1) is 5.56 Å². The highest BCUT2D eigenvalue weighted by Crippen LogP contribution is 2.11. The molecule has 18 heavy (non-hydrogen) atoms. The molecule has 4 nitrogen and oxygen atoms in total. The molecule has 0 atom stereocenters. The number of aromatic nitrogens is 1. The average Bonchev–Trinajstić information content (AvgIpc) is 2.39. The minimum absolute atomic E-state index is 0.238. The number of amides is 1. The van der Waals surface area contributed by atoms with Crippen molar-refractivity contribution in [3.8, 4) is 6.07 Å². The zero-order valence-electron chi connectivity index (χ0n) is 9.84. The van der Waals surface area contributed by atoms with Gasteiger partial charge >= 0.3 is 0 Å². The Morgan fingerprint density at radius 1 is 1.33 bits per heavy atom. The SMILES string of the molecule is Cc1cccc(NC(=O)c2ccc(C#N)nc2)c1. The fraction of sp³-hybridized carbons (Fsp3) is 0.0714. The van der Waals surface area contributed by atoms with Crippen LogP contribution in [0.3, 0.4) is 0 Å². The van der Waals surface area contributed by atoms with E-state index in [9.17, 15) is 4.79 Å². The first-order chi connectivity index (χ1) is 8.69. The summed E-state index contributed by atoms with van der Waals surface area (Å²) in [5, 5.41) is 11.4. The van der Waals surface area contributed by atoms with Gasteiger partial charge in [-0.15, -0.1) is 0 Å². The van der Waals surface area contributed by atoms with Gasteiger partial charge in [-0.25, -0.2) is 4.98 Å². The normalized spacial score (nSPS) is 9.56. The number of nitrogens with zero attached hydrogens (tertiary/aromatic N) is 2. The van der Waals surface area contributed by atoms with Gasteiger partial charge < -0.3 is 5.32 Å². The van der Waals surface area contributed by atoms with E-state index in [0.717, 1.165) is 11.3 Å². The summed E-state index contributed by atoms with van der Waals surface area (Å²) in [6.07, 6.45) is 1.39. The number of pyridine rings is 1. The molecule has 4 heteroatoms. The third kappa shape index (κ3) is 2.71. The van der Waals surface area contributed by atoms with E-state index in [0.29, 0.717) is 11.3 Å². The standard InChI is InChI=1S/C14H11N3O/c1-10-3-2-4-12(7-10)17-14(18)11-5-6-13(8-15)16-9-11/h2-7,9H,1H3,(H,17,18). The molecule has 1 heterocycles. The van der Waals surface area contributed by atoms with E-state index >= 15 is 0 Å². The van der Waals surface area contributed by atoms with E-state index in [1.165, 1.54) is 12.3 Å². The maximum absolute atomic E-state index is 11.9. The topological polar surface area (TPSA) is 65.8 Å². The minimum Gasteiger partial charge on any atom is -0.322 e. The molecule has 88 valence electrons. The first-order valence-electron chi connectivity index (χ1n) is 5.43. The van der Waals surface area contributed by atoms with Crippen LogP contribution < -0.4 is 5.32 Å². The van der Waals surface area contributed by atoms with E-state index < -0.39 is 0 Å². The Morgan fingerprint density at radius 3 is 2.78 bits per heavy atom. The first kappa shape index (κ1) is 11.8. The zero-order valence-corrected chi connectivity index (χ0v) is 9.84. The molecule has 0 saturated carbocycles. The molecule has 0 aliphatic rings. The highest BCUT2D eigenvalue weighted by Gasteiger charge is 2.06. The number of anilines is 1. The monoisotopic (exact) mass is 237 g/mol. The summed E-state index contributed by atoms with van der Waals surface area (Å²) in [5.41, 5.74) is 2.53. The summed E-state index contributed by atoms with van der Waals surface area (Å²) in [5.74, 6) is -0.238. The quantitative estimate of drug-likeness (QED) is 0.872. The van der Waals surface area contributed by atoms with Crippen molar-refractivity contribution < 1.29 is 4.79 Å². The Labute approximate surface area is 105 Å². The van der Waals surface area contributed by atoms with Crippen LogP contribution in [0.15, 0.2) is 42.6 Å². The van der Waals surface area contributed by atoms with Gasteiger partial charge in [0.15, 0.2) is 0 Å². The van der Waals surface area contributed by atoms with E-state index in [1.54, 1.807) is 6.07 Å². The Hall–Kier alpha value is -2.67. The fourth-order valence-corrected chi connectivity index (χ4v) is 1.52. The number of aryl methyl sites for hydroxylation is 1. The minimum atomic E-state index is -0.238. The number of nitrogens with one attached hydrogen (secondary N) is 1. The number of rotatable bonds is 2. The van der Waals surface area contributed by atoms with Crippen molar-refractivity contribution >= 4 is 11.6 Å². The lowest BCUT2D eigenvalue weighted by Gasteiger charge is -2.05. The molecule has 0 radical (unpaired) electrons.